The SMILES string of the molecule is CCOCCc1nc(O)c(C(C)C)c(=O)[nH]1. The molecule has 1 aromatic rings. The van der Waals surface area contributed by atoms with Gasteiger partial charge in [-0.15, -0.1) is 0 Å². The first-order valence-corrected chi connectivity index (χ1v) is 5.46. The molecule has 5 nitrogen and oxygen atoms in total. The van der Waals surface area contributed by atoms with Gasteiger partial charge in [0.15, 0.2) is 0 Å². The number of nitrogens with zero attached hydrogens (tertiary/aromatic N) is 1. The van der Waals surface area contributed by atoms with E-state index in [-0.39, 0.29) is 17.4 Å². The Balaban J connectivity index is 2.88. The van der Waals surface area contributed by atoms with Crippen molar-refractivity contribution in [3.63, 3.8) is 0 Å². The molecule has 0 amide bonds. The van der Waals surface area contributed by atoms with Crippen molar-refractivity contribution in [3.8, 4) is 5.88 Å². The van der Waals surface area contributed by atoms with Crippen LogP contribution >= 0.6 is 0 Å². The Kier molecular flexibility index (Phi) is 4.49. The number of aromatic amines is 1. The van der Waals surface area contributed by atoms with Gasteiger partial charge in [0.05, 0.1) is 12.2 Å². The summed E-state index contributed by atoms with van der Waals surface area (Å²) in [6, 6.07) is 0. The smallest absolute Gasteiger partial charge is 0.258 e. The maximum absolute atomic E-state index is 11.6. The molecule has 16 heavy (non-hydrogen) atoms. The predicted molar refractivity (Wildman–Crippen MR) is 60.8 cm³/mol. The van der Waals surface area contributed by atoms with E-state index in [0.29, 0.717) is 31.0 Å². The van der Waals surface area contributed by atoms with Gasteiger partial charge < -0.3 is 14.8 Å². The lowest BCUT2D eigenvalue weighted by Gasteiger charge is -2.08. The summed E-state index contributed by atoms with van der Waals surface area (Å²) in [4.78, 5) is 18.2. The monoisotopic (exact) mass is 226 g/mol. The number of ether oxygens (including phenoxy) is 1. The van der Waals surface area contributed by atoms with Crippen molar-refractivity contribution in [2.75, 3.05) is 13.2 Å². The van der Waals surface area contributed by atoms with Gasteiger partial charge in [0.25, 0.3) is 5.56 Å². The minimum Gasteiger partial charge on any atom is -0.493 e. The standard InChI is InChI=1S/C11H18N2O3/c1-4-16-6-5-8-12-10(14)9(7(2)3)11(15)13-8/h7H,4-6H2,1-3H3,(H2,12,13,14,15). The molecule has 0 aliphatic rings. The van der Waals surface area contributed by atoms with Crippen molar-refractivity contribution in [1.29, 1.82) is 0 Å². The number of hydrogen-bond donors (Lipinski definition) is 2. The van der Waals surface area contributed by atoms with E-state index in [1.807, 2.05) is 20.8 Å². The fourth-order valence-electron chi connectivity index (χ4n) is 1.47. The van der Waals surface area contributed by atoms with E-state index in [1.54, 1.807) is 0 Å². The molecule has 0 saturated carbocycles. The summed E-state index contributed by atoms with van der Waals surface area (Å²) in [5.74, 6) is 0.239. The summed E-state index contributed by atoms with van der Waals surface area (Å²) >= 11 is 0. The second kappa shape index (κ2) is 5.65. The van der Waals surface area contributed by atoms with Crippen LogP contribution in [0, 0.1) is 0 Å². The highest BCUT2D eigenvalue weighted by molar-refractivity contribution is 5.25. The quantitative estimate of drug-likeness (QED) is 0.739. The molecule has 5 heteroatoms. The molecule has 1 rings (SSSR count). The van der Waals surface area contributed by atoms with Gasteiger partial charge in [0, 0.05) is 13.0 Å². The Morgan fingerprint density at radius 3 is 2.69 bits per heavy atom. The summed E-state index contributed by atoms with van der Waals surface area (Å²) in [6.45, 7) is 6.69. The topological polar surface area (TPSA) is 75.2 Å². The Morgan fingerprint density at radius 1 is 1.50 bits per heavy atom. The van der Waals surface area contributed by atoms with Crippen LogP contribution in [0.2, 0.25) is 0 Å². The van der Waals surface area contributed by atoms with Crippen LogP contribution in [0.15, 0.2) is 4.79 Å². The molecule has 0 spiro atoms. The summed E-state index contributed by atoms with van der Waals surface area (Å²) < 4.78 is 5.15. The maximum atomic E-state index is 11.6. The molecule has 0 fully saturated rings. The number of aromatic hydroxyl groups is 1. The summed E-state index contributed by atoms with van der Waals surface area (Å²) in [6.07, 6.45) is 0.495. The van der Waals surface area contributed by atoms with Gasteiger partial charge in [-0.1, -0.05) is 13.8 Å². The third-order valence-corrected chi connectivity index (χ3v) is 2.25. The Labute approximate surface area is 94.5 Å². The zero-order valence-electron chi connectivity index (χ0n) is 9.91. The molecule has 0 aliphatic carbocycles. The molecule has 1 heterocycles. The van der Waals surface area contributed by atoms with E-state index in [2.05, 4.69) is 9.97 Å². The third-order valence-electron chi connectivity index (χ3n) is 2.25. The van der Waals surface area contributed by atoms with E-state index in [4.69, 9.17) is 4.74 Å². The average molecular weight is 226 g/mol. The van der Waals surface area contributed by atoms with Crippen molar-refractivity contribution < 1.29 is 9.84 Å². The van der Waals surface area contributed by atoms with Gasteiger partial charge in [0.1, 0.15) is 5.82 Å². The number of hydrogen-bond acceptors (Lipinski definition) is 4. The van der Waals surface area contributed by atoms with Crippen LogP contribution in [0.3, 0.4) is 0 Å². The van der Waals surface area contributed by atoms with Crippen LogP contribution < -0.4 is 5.56 Å². The van der Waals surface area contributed by atoms with E-state index in [1.165, 1.54) is 0 Å². The molecule has 90 valence electrons. The Bertz CT molecular complexity index is 399. The minimum atomic E-state index is -0.269. The van der Waals surface area contributed by atoms with Gasteiger partial charge in [-0.25, -0.2) is 0 Å². The number of nitrogens with one attached hydrogen (secondary N) is 1. The normalized spacial score (nSPS) is 11.0. The first-order valence-electron chi connectivity index (χ1n) is 5.46. The molecule has 0 aliphatic heterocycles. The van der Waals surface area contributed by atoms with Crippen molar-refractivity contribution in [2.45, 2.75) is 33.1 Å². The average Bonchev–Trinajstić information content (AvgIpc) is 2.16. The van der Waals surface area contributed by atoms with E-state index < -0.39 is 0 Å². The highest BCUT2D eigenvalue weighted by atomic mass is 16.5. The lowest BCUT2D eigenvalue weighted by Crippen LogP contribution is -2.18. The third kappa shape index (κ3) is 3.06. The lowest BCUT2D eigenvalue weighted by molar-refractivity contribution is 0.149. The highest BCUT2D eigenvalue weighted by Gasteiger charge is 2.13. The van der Waals surface area contributed by atoms with Crippen molar-refractivity contribution in [3.05, 3.63) is 21.7 Å². The van der Waals surface area contributed by atoms with Gasteiger partial charge >= 0.3 is 0 Å². The molecule has 0 radical (unpaired) electrons. The molecule has 0 unspecified atom stereocenters. The molecule has 0 saturated heterocycles. The fraction of sp³-hybridized carbons (Fsp3) is 0.636. The van der Waals surface area contributed by atoms with Crippen molar-refractivity contribution in [2.24, 2.45) is 0 Å². The molecule has 1 aromatic heterocycles. The van der Waals surface area contributed by atoms with Crippen LogP contribution in [0.4, 0.5) is 0 Å². The largest absolute Gasteiger partial charge is 0.493 e. The van der Waals surface area contributed by atoms with Crippen LogP contribution in [-0.2, 0) is 11.2 Å². The van der Waals surface area contributed by atoms with Crippen molar-refractivity contribution in [1.82, 2.24) is 9.97 Å². The van der Waals surface area contributed by atoms with E-state index in [0.717, 1.165) is 0 Å². The lowest BCUT2D eigenvalue weighted by atomic mass is 10.1. The van der Waals surface area contributed by atoms with Gasteiger partial charge in [0.2, 0.25) is 5.88 Å². The van der Waals surface area contributed by atoms with Crippen LogP contribution in [0.5, 0.6) is 5.88 Å². The molecule has 0 atom stereocenters. The molecule has 2 N–H and O–H groups in total. The second-order valence-corrected chi connectivity index (χ2v) is 3.85. The Morgan fingerprint density at radius 2 is 2.19 bits per heavy atom. The molecule has 0 bridgehead atoms. The van der Waals surface area contributed by atoms with Crippen LogP contribution in [-0.4, -0.2) is 28.3 Å². The van der Waals surface area contributed by atoms with Gasteiger partial charge in [-0.3, -0.25) is 4.79 Å². The number of aromatic nitrogens is 2. The zero-order chi connectivity index (χ0) is 12.1. The fourth-order valence-corrected chi connectivity index (χ4v) is 1.47. The summed E-state index contributed by atoms with van der Waals surface area (Å²) in [5, 5.41) is 9.63. The number of rotatable bonds is 5. The predicted octanol–water partition coefficient (Wildman–Crippen LogP) is 1.18. The van der Waals surface area contributed by atoms with Crippen molar-refractivity contribution >= 4 is 0 Å². The van der Waals surface area contributed by atoms with Gasteiger partial charge in [-0.05, 0) is 12.8 Å². The molecular weight excluding hydrogens is 208 g/mol. The van der Waals surface area contributed by atoms with Crippen LogP contribution in [0.1, 0.15) is 38.1 Å². The van der Waals surface area contributed by atoms with Crippen LogP contribution in [0.25, 0.3) is 0 Å². The van der Waals surface area contributed by atoms with E-state index in [9.17, 15) is 9.90 Å². The highest BCUT2D eigenvalue weighted by Crippen LogP contribution is 2.18. The minimum absolute atomic E-state index is 0.0443. The summed E-state index contributed by atoms with van der Waals surface area (Å²) in [5.41, 5.74) is 0.0640. The zero-order valence-corrected chi connectivity index (χ0v) is 9.91. The first kappa shape index (κ1) is 12.7. The maximum Gasteiger partial charge on any atom is 0.258 e. The number of H-pyrrole nitrogens is 1. The molecular formula is C11H18N2O3. The molecule has 0 aromatic carbocycles. The summed E-state index contributed by atoms with van der Waals surface area (Å²) in [7, 11) is 0. The van der Waals surface area contributed by atoms with Gasteiger partial charge in [-0.2, -0.15) is 4.98 Å². The second-order valence-electron chi connectivity index (χ2n) is 3.85. The Hall–Kier alpha value is -1.36. The first-order chi connectivity index (χ1) is 7.56. The van der Waals surface area contributed by atoms with E-state index >= 15 is 0 Å².